The van der Waals surface area contributed by atoms with E-state index in [1.165, 1.54) is 80.2 Å². The number of rotatable bonds is 11. The molecule has 1 saturated heterocycles. The second-order valence-electron chi connectivity index (χ2n) is 10.2. The zero-order valence-corrected chi connectivity index (χ0v) is 21.1. The molecule has 1 aliphatic carbocycles. The van der Waals surface area contributed by atoms with Crippen molar-refractivity contribution in [2.24, 2.45) is 5.92 Å². The number of nitrogens with zero attached hydrogens (tertiary/aromatic N) is 3. The van der Waals surface area contributed by atoms with Gasteiger partial charge in [0, 0.05) is 43.1 Å². The third kappa shape index (κ3) is 6.28. The maximum absolute atomic E-state index is 4.48. The lowest BCUT2D eigenvalue weighted by molar-refractivity contribution is 0.108. The lowest BCUT2D eigenvalue weighted by atomic mass is 10.0. The van der Waals surface area contributed by atoms with E-state index in [1.807, 2.05) is 0 Å². The van der Waals surface area contributed by atoms with E-state index in [9.17, 15) is 0 Å². The van der Waals surface area contributed by atoms with E-state index in [0.717, 1.165) is 30.7 Å². The van der Waals surface area contributed by atoms with Crippen LogP contribution in [0.3, 0.4) is 0 Å². The Morgan fingerprint density at radius 1 is 1.03 bits per heavy atom. The smallest absolute Gasteiger partial charge is 0.0412 e. The molecule has 0 atom stereocenters. The summed E-state index contributed by atoms with van der Waals surface area (Å²) in [6.07, 6.45) is 9.16. The molecule has 2 fully saturated rings. The van der Waals surface area contributed by atoms with Gasteiger partial charge in [-0.05, 0) is 87.8 Å². The van der Waals surface area contributed by atoms with Crippen LogP contribution in [-0.4, -0.2) is 60.0 Å². The van der Waals surface area contributed by atoms with Crippen LogP contribution in [0.4, 0.5) is 0 Å². The number of fused-ring (bicyclic) bond motifs is 1. The second-order valence-corrected chi connectivity index (χ2v) is 10.2. The van der Waals surface area contributed by atoms with Crippen molar-refractivity contribution in [3.05, 3.63) is 66.4 Å². The molecule has 1 saturated carbocycles. The summed E-state index contributed by atoms with van der Waals surface area (Å²) in [7, 11) is 0. The first-order valence-electron chi connectivity index (χ1n) is 13.2. The average molecular weight is 446 g/mol. The Kier molecular flexibility index (Phi) is 8.27. The van der Waals surface area contributed by atoms with Crippen LogP contribution in [-0.2, 0) is 0 Å². The third-order valence-electron chi connectivity index (χ3n) is 7.41. The lowest BCUT2D eigenvalue weighted by Crippen LogP contribution is -2.46. The predicted molar refractivity (Wildman–Crippen MR) is 143 cm³/mol. The fraction of sp³-hybridized carbons (Fsp3) is 0.533. The molecule has 2 aromatic carbocycles. The van der Waals surface area contributed by atoms with Crippen LogP contribution >= 0.6 is 0 Å². The molecular weight excluding hydrogens is 402 g/mol. The molecule has 0 N–H and O–H groups in total. The standard InChI is InChI=1S/C30H43N3/c1-5-18-33(23-26-14-15-26)28-16-19-31(20-17-28)21-24(3)22-32(6-2)25(4)29-13-9-11-27-10-7-8-12-30(27)29/h7-13,22,26,28H,4-6,14-21,23H2,1-3H3/b24-22+. The molecule has 1 aliphatic heterocycles. The van der Waals surface area contributed by atoms with E-state index < -0.39 is 0 Å². The maximum Gasteiger partial charge on any atom is 0.0412 e. The van der Waals surface area contributed by atoms with E-state index in [-0.39, 0.29) is 0 Å². The Morgan fingerprint density at radius 3 is 2.45 bits per heavy atom. The van der Waals surface area contributed by atoms with Gasteiger partial charge in [0.25, 0.3) is 0 Å². The average Bonchev–Trinajstić information content (AvgIpc) is 3.66. The van der Waals surface area contributed by atoms with Gasteiger partial charge in [-0.1, -0.05) is 56.0 Å². The van der Waals surface area contributed by atoms with Gasteiger partial charge >= 0.3 is 0 Å². The minimum absolute atomic E-state index is 0.796. The summed E-state index contributed by atoms with van der Waals surface area (Å²) in [4.78, 5) is 7.78. The van der Waals surface area contributed by atoms with E-state index in [0.29, 0.717) is 0 Å². The van der Waals surface area contributed by atoms with Crippen LogP contribution in [0.25, 0.3) is 16.5 Å². The molecule has 1 heterocycles. The SMILES string of the molecule is C=C(c1cccc2ccccc12)N(/C=C(\C)CN1CCC(N(CCC)CC2CC2)CC1)CC. The Labute approximate surface area is 201 Å². The highest BCUT2D eigenvalue weighted by atomic mass is 15.2. The first-order valence-corrected chi connectivity index (χ1v) is 13.2. The molecule has 3 nitrogen and oxygen atoms in total. The van der Waals surface area contributed by atoms with Crippen LogP contribution in [0.5, 0.6) is 0 Å². The Balaban J connectivity index is 1.35. The van der Waals surface area contributed by atoms with Crippen molar-refractivity contribution >= 4 is 16.5 Å². The van der Waals surface area contributed by atoms with Crippen molar-refractivity contribution in [1.82, 2.24) is 14.7 Å². The van der Waals surface area contributed by atoms with Crippen LogP contribution in [0.2, 0.25) is 0 Å². The predicted octanol–water partition coefficient (Wildman–Crippen LogP) is 6.62. The number of benzene rings is 2. The summed E-state index contributed by atoms with van der Waals surface area (Å²) in [5.41, 5.74) is 3.73. The molecule has 33 heavy (non-hydrogen) atoms. The van der Waals surface area contributed by atoms with Gasteiger partial charge in [0.2, 0.25) is 0 Å². The van der Waals surface area contributed by atoms with Crippen molar-refractivity contribution in [3.63, 3.8) is 0 Å². The molecule has 0 radical (unpaired) electrons. The zero-order valence-electron chi connectivity index (χ0n) is 21.1. The molecule has 178 valence electrons. The van der Waals surface area contributed by atoms with Gasteiger partial charge in [0.1, 0.15) is 0 Å². The molecule has 2 aliphatic rings. The lowest BCUT2D eigenvalue weighted by Gasteiger charge is -2.39. The van der Waals surface area contributed by atoms with Crippen LogP contribution in [0, 0.1) is 5.92 Å². The first-order chi connectivity index (χ1) is 16.1. The quantitative estimate of drug-likeness (QED) is 0.385. The van der Waals surface area contributed by atoms with Crippen molar-refractivity contribution in [1.29, 1.82) is 0 Å². The highest BCUT2D eigenvalue weighted by Crippen LogP contribution is 2.32. The molecule has 0 bridgehead atoms. The van der Waals surface area contributed by atoms with Crippen LogP contribution in [0.1, 0.15) is 58.4 Å². The van der Waals surface area contributed by atoms with E-state index in [1.54, 1.807) is 0 Å². The summed E-state index contributed by atoms with van der Waals surface area (Å²) in [6, 6.07) is 15.9. The second kappa shape index (κ2) is 11.4. The molecule has 0 aromatic heterocycles. The summed E-state index contributed by atoms with van der Waals surface area (Å²) in [5.74, 6) is 0.995. The topological polar surface area (TPSA) is 9.72 Å². The van der Waals surface area contributed by atoms with Crippen molar-refractivity contribution < 1.29 is 0 Å². The van der Waals surface area contributed by atoms with Crippen molar-refractivity contribution in [3.8, 4) is 0 Å². The largest absolute Gasteiger partial charge is 0.348 e. The van der Waals surface area contributed by atoms with Gasteiger partial charge in [-0.25, -0.2) is 0 Å². The minimum atomic E-state index is 0.796. The molecule has 4 rings (SSSR count). The number of hydrogen-bond acceptors (Lipinski definition) is 3. The Bertz CT molecular complexity index is 945. The highest BCUT2D eigenvalue weighted by Gasteiger charge is 2.29. The van der Waals surface area contributed by atoms with Gasteiger partial charge in [-0.3, -0.25) is 4.90 Å². The summed E-state index contributed by atoms with van der Waals surface area (Å²) < 4.78 is 0. The highest BCUT2D eigenvalue weighted by molar-refractivity contribution is 5.93. The summed E-state index contributed by atoms with van der Waals surface area (Å²) in [6.45, 7) is 18.4. The Morgan fingerprint density at radius 2 is 1.76 bits per heavy atom. The normalized spacial score (nSPS) is 18.2. The number of likely N-dealkylation sites (tertiary alicyclic amines) is 1. The molecule has 0 spiro atoms. The molecular formula is C30H43N3. The molecule has 0 amide bonds. The molecule has 2 aromatic rings. The van der Waals surface area contributed by atoms with Crippen molar-refractivity contribution in [2.75, 3.05) is 39.3 Å². The van der Waals surface area contributed by atoms with Gasteiger partial charge < -0.3 is 9.80 Å². The van der Waals surface area contributed by atoms with Gasteiger partial charge in [0.15, 0.2) is 0 Å². The zero-order chi connectivity index (χ0) is 23.2. The van der Waals surface area contributed by atoms with Crippen LogP contribution in [0.15, 0.2) is 60.8 Å². The van der Waals surface area contributed by atoms with Gasteiger partial charge in [0.05, 0.1) is 0 Å². The third-order valence-corrected chi connectivity index (χ3v) is 7.41. The summed E-state index contributed by atoms with van der Waals surface area (Å²) >= 11 is 0. The number of piperidine rings is 1. The number of hydrogen-bond donors (Lipinski definition) is 0. The van der Waals surface area contributed by atoms with Gasteiger partial charge in [-0.15, -0.1) is 0 Å². The van der Waals surface area contributed by atoms with E-state index in [2.05, 4.69) is 90.7 Å². The maximum atomic E-state index is 4.48. The molecule has 3 heteroatoms. The molecule has 0 unspecified atom stereocenters. The first kappa shape index (κ1) is 24.0. The summed E-state index contributed by atoms with van der Waals surface area (Å²) in [5, 5.41) is 2.55. The fourth-order valence-electron chi connectivity index (χ4n) is 5.44. The van der Waals surface area contributed by atoms with Gasteiger partial charge in [-0.2, -0.15) is 0 Å². The monoisotopic (exact) mass is 445 g/mol. The fourth-order valence-corrected chi connectivity index (χ4v) is 5.44. The Hall–Kier alpha value is -2.10. The van der Waals surface area contributed by atoms with E-state index in [4.69, 9.17) is 0 Å². The van der Waals surface area contributed by atoms with Crippen molar-refractivity contribution in [2.45, 2.75) is 58.9 Å². The van der Waals surface area contributed by atoms with E-state index >= 15 is 0 Å². The van der Waals surface area contributed by atoms with Crippen LogP contribution < -0.4 is 0 Å². The minimum Gasteiger partial charge on any atom is -0.348 e.